The third-order valence-corrected chi connectivity index (χ3v) is 9.63. The normalized spacial score (nSPS) is 17.9. The Labute approximate surface area is 342 Å². The molecular formula is C38H60N8O13. The summed E-state index contributed by atoms with van der Waals surface area (Å²) in [6, 6.07) is -4.60. The second kappa shape index (κ2) is 23.9. The second-order valence-corrected chi connectivity index (χ2v) is 15.1. The molecule has 9 atom stereocenters. The van der Waals surface area contributed by atoms with Crippen molar-refractivity contribution in [1.29, 1.82) is 0 Å². The lowest BCUT2D eigenvalue weighted by Crippen LogP contribution is -2.61. The fourth-order valence-corrected chi connectivity index (χ4v) is 6.34. The number of carboxylic acid groups (broad SMARTS) is 2. The number of carboxylic acids is 2. The van der Waals surface area contributed by atoms with Gasteiger partial charge in [-0.2, -0.15) is 0 Å². The number of hydrogen-bond donors (Lipinski definition) is 12. The predicted octanol–water partition coefficient (Wildman–Crippen LogP) is -2.83. The molecule has 1 aromatic rings. The lowest BCUT2D eigenvalue weighted by atomic mass is 10.0. The van der Waals surface area contributed by atoms with E-state index in [2.05, 4.69) is 26.6 Å². The number of carbonyl (C=O) groups is 8. The molecule has 1 aromatic carbocycles. The van der Waals surface area contributed by atoms with E-state index in [9.17, 15) is 63.9 Å². The molecule has 0 unspecified atom stereocenters. The van der Waals surface area contributed by atoms with Crippen molar-refractivity contribution in [2.45, 2.75) is 134 Å². The van der Waals surface area contributed by atoms with Gasteiger partial charge in [-0.25, -0.2) is 4.79 Å². The van der Waals surface area contributed by atoms with Crippen LogP contribution in [-0.2, 0) is 44.8 Å². The molecule has 1 saturated heterocycles. The van der Waals surface area contributed by atoms with Crippen LogP contribution in [0.15, 0.2) is 24.3 Å². The van der Waals surface area contributed by atoms with Crippen LogP contribution in [0, 0.1) is 5.92 Å². The first-order chi connectivity index (χ1) is 27.7. The molecule has 59 heavy (non-hydrogen) atoms. The number of phenols is 1. The van der Waals surface area contributed by atoms with E-state index < -0.39 is 108 Å². The standard InChI is InChI=1S/C38H60N8O13/c1-19(2)16-27(38(58)59)44-35(55)28-9-7-15-46(28)37(57)31(21(4)48)45-32(52)24(8-5-6-14-39)41-34(54)26(18-29(50)51)42-33(53)25(43-36(56)30(40)20(3)47)17-22-10-12-23(49)13-11-22/h10-13,19-21,24-28,30-31,47-49H,5-9,14-18,39-40H2,1-4H3,(H,41,54)(H,42,53)(H,43,56)(H,44,55)(H,45,52)(H,50,51)(H,58,59)/t20-,21-,24+,25+,26+,27+,28+,30+,31+/m1/s1. The van der Waals surface area contributed by atoms with Crippen molar-refractivity contribution in [3.8, 4) is 5.75 Å². The van der Waals surface area contributed by atoms with Gasteiger partial charge in [0.1, 0.15) is 48.0 Å². The molecule has 14 N–H and O–H groups in total. The van der Waals surface area contributed by atoms with Gasteiger partial charge in [0.05, 0.1) is 18.6 Å². The van der Waals surface area contributed by atoms with E-state index in [1.54, 1.807) is 13.8 Å². The smallest absolute Gasteiger partial charge is 0.326 e. The molecule has 0 bridgehead atoms. The Hall–Kier alpha value is -5.38. The number of benzene rings is 1. The van der Waals surface area contributed by atoms with Crippen LogP contribution in [0.3, 0.4) is 0 Å². The van der Waals surface area contributed by atoms with Crippen LogP contribution in [0.1, 0.15) is 78.2 Å². The van der Waals surface area contributed by atoms with Gasteiger partial charge in [0.15, 0.2) is 0 Å². The molecule has 1 aliphatic rings. The number of aliphatic carboxylic acids is 2. The summed E-state index contributed by atoms with van der Waals surface area (Å²) in [6.45, 7) is 6.31. The molecule has 0 aromatic heterocycles. The number of phenolic OH excluding ortho intramolecular Hbond substituents is 1. The number of nitrogens with one attached hydrogen (secondary N) is 5. The van der Waals surface area contributed by atoms with Crippen LogP contribution in [-0.4, -0.2) is 145 Å². The van der Waals surface area contributed by atoms with Gasteiger partial charge in [-0.05, 0) is 82.5 Å². The van der Waals surface area contributed by atoms with E-state index in [0.717, 1.165) is 4.90 Å². The van der Waals surface area contributed by atoms with Crippen LogP contribution < -0.4 is 38.1 Å². The fraction of sp³-hybridized carbons (Fsp3) is 0.632. The molecule has 21 heteroatoms. The lowest BCUT2D eigenvalue weighted by Gasteiger charge is -2.32. The Morgan fingerprint density at radius 1 is 0.763 bits per heavy atom. The molecule has 2 rings (SSSR count). The third kappa shape index (κ3) is 16.1. The molecule has 1 fully saturated rings. The number of unbranched alkanes of at least 4 members (excludes halogenated alkanes) is 1. The summed E-state index contributed by atoms with van der Waals surface area (Å²) in [7, 11) is 0. The fourth-order valence-electron chi connectivity index (χ4n) is 6.34. The average molecular weight is 837 g/mol. The summed E-state index contributed by atoms with van der Waals surface area (Å²) in [5.74, 6) is -8.55. The number of aromatic hydroxyl groups is 1. The topological polar surface area (TPSA) is 353 Å². The predicted molar refractivity (Wildman–Crippen MR) is 210 cm³/mol. The number of amides is 6. The monoisotopic (exact) mass is 836 g/mol. The molecule has 1 aliphatic heterocycles. The number of aliphatic hydroxyl groups excluding tert-OH is 2. The minimum Gasteiger partial charge on any atom is -0.508 e. The maximum Gasteiger partial charge on any atom is 0.326 e. The Balaban J connectivity index is 2.34. The highest BCUT2D eigenvalue weighted by atomic mass is 16.4. The van der Waals surface area contributed by atoms with Gasteiger partial charge in [0, 0.05) is 13.0 Å². The van der Waals surface area contributed by atoms with Crippen molar-refractivity contribution in [3.63, 3.8) is 0 Å². The SMILES string of the molecule is CC(C)C[C@H](NC(=O)[C@@H]1CCCN1C(=O)[C@@H](NC(=O)[C@H](CCCCN)NC(=O)[C@H](CC(=O)O)NC(=O)[C@H](Cc1ccc(O)cc1)NC(=O)[C@@H](N)[C@@H](C)O)[C@@H](C)O)C(=O)O. The second-order valence-electron chi connectivity index (χ2n) is 15.1. The molecule has 0 aliphatic carbocycles. The van der Waals surface area contributed by atoms with Gasteiger partial charge in [-0.15, -0.1) is 0 Å². The number of carbonyl (C=O) groups excluding carboxylic acids is 6. The van der Waals surface area contributed by atoms with E-state index in [1.165, 1.54) is 38.1 Å². The van der Waals surface area contributed by atoms with Gasteiger partial charge >= 0.3 is 11.9 Å². The van der Waals surface area contributed by atoms with Gasteiger partial charge in [-0.3, -0.25) is 33.6 Å². The van der Waals surface area contributed by atoms with E-state index in [1.807, 2.05) is 0 Å². The lowest BCUT2D eigenvalue weighted by molar-refractivity contribution is -0.146. The highest BCUT2D eigenvalue weighted by Gasteiger charge is 2.41. The van der Waals surface area contributed by atoms with Crippen LogP contribution in [0.2, 0.25) is 0 Å². The zero-order valence-corrected chi connectivity index (χ0v) is 33.8. The van der Waals surface area contributed by atoms with Crippen LogP contribution >= 0.6 is 0 Å². The Morgan fingerprint density at radius 3 is 1.88 bits per heavy atom. The molecule has 330 valence electrons. The summed E-state index contributed by atoms with van der Waals surface area (Å²) in [6.07, 6.45) is -2.77. The van der Waals surface area contributed by atoms with Crippen molar-refractivity contribution < 1.29 is 63.9 Å². The molecule has 21 nitrogen and oxygen atoms in total. The highest BCUT2D eigenvalue weighted by molar-refractivity contribution is 5.98. The summed E-state index contributed by atoms with van der Waals surface area (Å²) in [5.41, 5.74) is 11.8. The van der Waals surface area contributed by atoms with Crippen LogP contribution in [0.25, 0.3) is 0 Å². The van der Waals surface area contributed by atoms with Crippen molar-refractivity contribution in [1.82, 2.24) is 31.5 Å². The van der Waals surface area contributed by atoms with E-state index in [4.69, 9.17) is 11.5 Å². The van der Waals surface area contributed by atoms with Crippen molar-refractivity contribution in [3.05, 3.63) is 29.8 Å². The zero-order valence-electron chi connectivity index (χ0n) is 33.8. The molecule has 1 heterocycles. The van der Waals surface area contributed by atoms with Gasteiger partial charge in [0.25, 0.3) is 0 Å². The number of likely N-dealkylation sites (tertiary alicyclic amines) is 1. The van der Waals surface area contributed by atoms with Crippen LogP contribution in [0.4, 0.5) is 0 Å². The molecule has 0 spiro atoms. The number of nitrogens with two attached hydrogens (primary N) is 2. The zero-order chi connectivity index (χ0) is 44.6. The first-order valence-electron chi connectivity index (χ1n) is 19.5. The van der Waals surface area contributed by atoms with Gasteiger partial charge in [0.2, 0.25) is 35.4 Å². The largest absolute Gasteiger partial charge is 0.508 e. The maximum atomic E-state index is 13.8. The Kier molecular flexibility index (Phi) is 20.1. The van der Waals surface area contributed by atoms with Gasteiger partial charge < -0.3 is 68.5 Å². The summed E-state index contributed by atoms with van der Waals surface area (Å²) >= 11 is 0. The first kappa shape index (κ1) is 49.8. The molecule has 0 saturated carbocycles. The number of hydrogen-bond acceptors (Lipinski definition) is 13. The molecular weight excluding hydrogens is 776 g/mol. The Bertz CT molecular complexity index is 1620. The maximum absolute atomic E-state index is 13.8. The molecule has 0 radical (unpaired) electrons. The summed E-state index contributed by atoms with van der Waals surface area (Å²) in [5, 5.41) is 61.5. The van der Waals surface area contributed by atoms with Crippen molar-refractivity contribution >= 4 is 47.4 Å². The average Bonchev–Trinajstić information content (AvgIpc) is 3.65. The van der Waals surface area contributed by atoms with Gasteiger partial charge in [-0.1, -0.05) is 26.0 Å². The number of rotatable bonds is 24. The van der Waals surface area contributed by atoms with Crippen LogP contribution in [0.5, 0.6) is 5.75 Å². The summed E-state index contributed by atoms with van der Waals surface area (Å²) in [4.78, 5) is 106. The van der Waals surface area contributed by atoms with E-state index in [0.29, 0.717) is 18.4 Å². The van der Waals surface area contributed by atoms with Crippen molar-refractivity contribution in [2.24, 2.45) is 17.4 Å². The first-order valence-corrected chi connectivity index (χ1v) is 19.5. The minimum absolute atomic E-state index is 0.0598. The van der Waals surface area contributed by atoms with E-state index >= 15 is 0 Å². The van der Waals surface area contributed by atoms with Crippen molar-refractivity contribution in [2.75, 3.05) is 13.1 Å². The highest BCUT2D eigenvalue weighted by Crippen LogP contribution is 2.21. The Morgan fingerprint density at radius 2 is 1.34 bits per heavy atom. The number of aliphatic hydroxyl groups is 2. The quantitative estimate of drug-likeness (QED) is 0.0467. The third-order valence-electron chi connectivity index (χ3n) is 9.63. The molecule has 6 amide bonds. The van der Waals surface area contributed by atoms with E-state index in [-0.39, 0.29) is 56.9 Å². The minimum atomic E-state index is -1.82. The summed E-state index contributed by atoms with van der Waals surface area (Å²) < 4.78 is 0. The number of nitrogens with zero attached hydrogens (tertiary/aromatic N) is 1.